The molecule has 4 rings (SSSR count). The van der Waals surface area contributed by atoms with Gasteiger partial charge in [-0.25, -0.2) is 4.79 Å². The van der Waals surface area contributed by atoms with Crippen molar-refractivity contribution in [2.75, 3.05) is 26.2 Å². The number of ether oxygens (including phenoxy) is 1. The molecular weight excluding hydrogens is 447 g/mol. The topological polar surface area (TPSA) is 123 Å². The molecule has 2 saturated heterocycles. The van der Waals surface area contributed by atoms with Crippen LogP contribution in [0.2, 0.25) is 0 Å². The van der Waals surface area contributed by atoms with Crippen molar-refractivity contribution in [3.05, 3.63) is 35.5 Å². The molecule has 13 heteroatoms. The normalized spacial score (nSPS) is 19.6. The van der Waals surface area contributed by atoms with Crippen LogP contribution in [0.5, 0.6) is 0 Å². The Morgan fingerprint density at radius 3 is 2.61 bits per heavy atom. The number of carbonyl (C=O) groups excluding carboxylic acids is 1. The van der Waals surface area contributed by atoms with E-state index in [2.05, 4.69) is 20.5 Å². The van der Waals surface area contributed by atoms with E-state index in [9.17, 15) is 18.0 Å². The van der Waals surface area contributed by atoms with Crippen molar-refractivity contribution >= 4 is 11.9 Å². The predicted octanol–water partition coefficient (Wildman–Crippen LogP) is 1.76. The van der Waals surface area contributed by atoms with Crippen molar-refractivity contribution in [3.63, 3.8) is 0 Å². The minimum absolute atomic E-state index is 0.0595. The smallest absolute Gasteiger partial charge is 0.475 e. The lowest BCUT2D eigenvalue weighted by Gasteiger charge is -2.50. The third kappa shape index (κ3) is 6.11. The molecule has 0 radical (unpaired) electrons. The van der Waals surface area contributed by atoms with Gasteiger partial charge in [0.1, 0.15) is 11.5 Å². The number of carbonyl (C=O) groups is 2. The molecular formula is C20H26F3N5O5. The van der Waals surface area contributed by atoms with Gasteiger partial charge in [-0.3, -0.25) is 14.4 Å². The van der Waals surface area contributed by atoms with Crippen LogP contribution in [0.4, 0.5) is 13.2 Å². The van der Waals surface area contributed by atoms with E-state index in [-0.39, 0.29) is 11.5 Å². The molecule has 10 nitrogen and oxygen atoms in total. The van der Waals surface area contributed by atoms with Crippen LogP contribution in [0.3, 0.4) is 0 Å². The fourth-order valence-corrected chi connectivity index (χ4v) is 4.13. The van der Waals surface area contributed by atoms with Gasteiger partial charge in [-0.05, 0) is 31.7 Å². The molecule has 0 aromatic carbocycles. The summed E-state index contributed by atoms with van der Waals surface area (Å²) in [6.07, 6.45) is -1.47. The Hall–Kier alpha value is -2.93. The molecule has 2 fully saturated rings. The van der Waals surface area contributed by atoms with E-state index in [1.165, 1.54) is 0 Å². The number of aliphatic carboxylic acids is 1. The highest BCUT2D eigenvalue weighted by atomic mass is 19.4. The molecule has 1 amide bonds. The Kier molecular flexibility index (Phi) is 7.42. The van der Waals surface area contributed by atoms with Gasteiger partial charge in [0, 0.05) is 52.1 Å². The fraction of sp³-hybridized carbons (Fsp3) is 0.600. The second-order valence-electron chi connectivity index (χ2n) is 8.16. The summed E-state index contributed by atoms with van der Waals surface area (Å²) in [4.78, 5) is 23.4. The number of amides is 1. The van der Waals surface area contributed by atoms with Crippen LogP contribution in [0.25, 0.3) is 0 Å². The average molecular weight is 473 g/mol. The first-order chi connectivity index (χ1) is 15.5. The van der Waals surface area contributed by atoms with E-state index in [0.717, 1.165) is 50.5 Å². The summed E-state index contributed by atoms with van der Waals surface area (Å²) in [5.41, 5.74) is 1.49. The van der Waals surface area contributed by atoms with Gasteiger partial charge in [0.2, 0.25) is 0 Å². The average Bonchev–Trinajstić information content (AvgIpc) is 3.42. The third-order valence-electron chi connectivity index (χ3n) is 5.72. The van der Waals surface area contributed by atoms with Crippen LogP contribution in [0, 0.1) is 12.8 Å². The van der Waals surface area contributed by atoms with Gasteiger partial charge in [0.25, 0.3) is 5.91 Å². The first-order valence-electron chi connectivity index (χ1n) is 10.3. The zero-order valence-electron chi connectivity index (χ0n) is 18.3. The number of carboxylic acids is 1. The highest BCUT2D eigenvalue weighted by molar-refractivity contribution is 5.92. The molecule has 0 aliphatic carbocycles. The molecule has 2 aromatic rings. The lowest BCUT2D eigenvalue weighted by atomic mass is 9.79. The number of nitrogens with zero attached hydrogens (tertiary/aromatic N) is 4. The molecule has 2 aliphatic heterocycles. The number of nitrogens with one attached hydrogen (secondary N) is 1. The molecule has 0 saturated carbocycles. The number of likely N-dealkylation sites (tertiary alicyclic amines) is 1. The van der Waals surface area contributed by atoms with Crippen LogP contribution in [0.1, 0.15) is 34.8 Å². The van der Waals surface area contributed by atoms with E-state index in [0.29, 0.717) is 18.2 Å². The number of carboxylic acid groups (broad SMARTS) is 1. The Morgan fingerprint density at radius 1 is 1.36 bits per heavy atom. The lowest BCUT2D eigenvalue weighted by Crippen LogP contribution is -2.64. The lowest BCUT2D eigenvalue weighted by molar-refractivity contribution is -0.192. The Balaban J connectivity index is 0.000000383. The molecule has 1 spiro atoms. The van der Waals surface area contributed by atoms with E-state index >= 15 is 0 Å². The second kappa shape index (κ2) is 9.91. The number of aryl methyl sites for hydroxylation is 2. The van der Waals surface area contributed by atoms with Gasteiger partial charge in [0.15, 0.2) is 0 Å². The Morgan fingerprint density at radius 2 is 2.06 bits per heavy atom. The molecule has 0 bridgehead atoms. The van der Waals surface area contributed by atoms with E-state index in [1.54, 1.807) is 24.0 Å². The maximum Gasteiger partial charge on any atom is 0.490 e. The minimum atomic E-state index is -5.08. The monoisotopic (exact) mass is 473 g/mol. The number of hydrogen-bond acceptors (Lipinski definition) is 7. The summed E-state index contributed by atoms with van der Waals surface area (Å²) in [7, 11) is 1.77. The minimum Gasteiger partial charge on any atom is -0.475 e. The third-order valence-corrected chi connectivity index (χ3v) is 5.72. The van der Waals surface area contributed by atoms with E-state index in [1.807, 2.05) is 13.0 Å². The van der Waals surface area contributed by atoms with Gasteiger partial charge in [-0.1, -0.05) is 5.16 Å². The standard InChI is InChI=1S/C18H25N5O3.C2HF3O2/c1-13-9-15(21-26-13)10-23-11-18(12-23)14(5-8-25-18)3-6-19-17(24)16-4-7-20-22(16)2;3-2(4,5)1(6)7/h4,7,9,14H,3,5-6,8,10-12H2,1-2H3,(H,19,24);(H,6,7). The van der Waals surface area contributed by atoms with Crippen LogP contribution >= 0.6 is 0 Å². The SMILES string of the molecule is Cc1cc(CN2CC3(C2)OCCC3CCNC(=O)c2ccnn2C)no1.O=C(O)C(F)(F)F. The van der Waals surface area contributed by atoms with Crippen molar-refractivity contribution < 1.29 is 37.1 Å². The molecule has 2 aromatic heterocycles. The molecule has 2 aliphatic rings. The summed E-state index contributed by atoms with van der Waals surface area (Å²) in [5, 5.41) is 18.2. The van der Waals surface area contributed by atoms with Gasteiger partial charge in [-0.15, -0.1) is 0 Å². The van der Waals surface area contributed by atoms with Crippen molar-refractivity contribution in [1.29, 1.82) is 0 Å². The van der Waals surface area contributed by atoms with Crippen molar-refractivity contribution in [2.45, 2.75) is 38.1 Å². The number of halogens is 3. The van der Waals surface area contributed by atoms with Crippen LogP contribution in [0.15, 0.2) is 22.9 Å². The second-order valence-corrected chi connectivity index (χ2v) is 8.16. The molecule has 33 heavy (non-hydrogen) atoms. The summed E-state index contributed by atoms with van der Waals surface area (Å²) < 4.78 is 44.6. The zero-order chi connectivity index (χ0) is 24.2. The maximum absolute atomic E-state index is 12.2. The largest absolute Gasteiger partial charge is 0.490 e. The van der Waals surface area contributed by atoms with E-state index < -0.39 is 12.1 Å². The first kappa shape index (κ1) is 24.7. The molecule has 4 heterocycles. The van der Waals surface area contributed by atoms with Crippen molar-refractivity contribution in [2.24, 2.45) is 13.0 Å². The Labute approximate surface area is 187 Å². The highest BCUT2D eigenvalue weighted by Crippen LogP contribution is 2.42. The van der Waals surface area contributed by atoms with Crippen LogP contribution in [-0.4, -0.2) is 74.8 Å². The van der Waals surface area contributed by atoms with Crippen LogP contribution in [-0.2, 0) is 23.1 Å². The summed E-state index contributed by atoms with van der Waals surface area (Å²) in [6, 6.07) is 3.71. The Bertz CT molecular complexity index is 967. The van der Waals surface area contributed by atoms with Crippen molar-refractivity contribution in [1.82, 2.24) is 25.2 Å². The number of alkyl halides is 3. The van der Waals surface area contributed by atoms with Gasteiger partial charge >= 0.3 is 12.1 Å². The van der Waals surface area contributed by atoms with Gasteiger partial charge in [0.05, 0.1) is 11.3 Å². The fourth-order valence-electron chi connectivity index (χ4n) is 4.13. The molecule has 1 unspecified atom stereocenters. The van der Waals surface area contributed by atoms with Crippen LogP contribution < -0.4 is 5.32 Å². The van der Waals surface area contributed by atoms with Gasteiger partial charge in [-0.2, -0.15) is 18.3 Å². The van der Waals surface area contributed by atoms with Gasteiger partial charge < -0.3 is 19.7 Å². The van der Waals surface area contributed by atoms with E-state index in [4.69, 9.17) is 19.2 Å². The number of hydrogen-bond donors (Lipinski definition) is 2. The number of aromatic nitrogens is 3. The predicted molar refractivity (Wildman–Crippen MR) is 107 cm³/mol. The molecule has 2 N–H and O–H groups in total. The summed E-state index contributed by atoms with van der Waals surface area (Å²) >= 11 is 0. The maximum atomic E-state index is 12.2. The van der Waals surface area contributed by atoms with Crippen molar-refractivity contribution in [3.8, 4) is 0 Å². The molecule has 1 atom stereocenters. The quantitative estimate of drug-likeness (QED) is 0.651. The number of rotatable bonds is 6. The molecule has 182 valence electrons. The highest BCUT2D eigenvalue weighted by Gasteiger charge is 2.52. The summed E-state index contributed by atoms with van der Waals surface area (Å²) in [5.74, 6) is -1.51. The summed E-state index contributed by atoms with van der Waals surface area (Å²) in [6.45, 7) is 5.99. The zero-order valence-corrected chi connectivity index (χ0v) is 18.3. The first-order valence-corrected chi connectivity index (χ1v) is 10.3.